The van der Waals surface area contributed by atoms with Crippen molar-refractivity contribution >= 4 is 37.3 Å². The molecule has 6 heteroatoms. The molecule has 0 unspecified atom stereocenters. The second kappa shape index (κ2) is 5.85. The molecule has 0 aliphatic heterocycles. The second-order valence-electron chi connectivity index (χ2n) is 4.29. The van der Waals surface area contributed by atoms with Gasteiger partial charge in [0.15, 0.2) is 0 Å². The number of hydrogen-bond acceptors (Lipinski definition) is 3. The number of benzene rings is 2. The maximum absolute atomic E-state index is 12.5. The van der Waals surface area contributed by atoms with Crippen molar-refractivity contribution in [1.82, 2.24) is 0 Å². The van der Waals surface area contributed by atoms with Crippen molar-refractivity contribution in [3.05, 3.63) is 52.5 Å². The molecule has 0 saturated carbocycles. The average molecular weight is 355 g/mol. The largest absolute Gasteiger partial charge is 0.387 e. The Balaban J connectivity index is 2.44. The number of sulfonamides is 1. The predicted octanol–water partition coefficient (Wildman–Crippen LogP) is 3.60. The van der Waals surface area contributed by atoms with Crippen LogP contribution in [-0.4, -0.2) is 15.5 Å². The summed E-state index contributed by atoms with van der Waals surface area (Å²) < 4.78 is 28.3. The second-order valence-corrected chi connectivity index (χ2v) is 6.73. The SMILES string of the molecule is CNc1ccccc1S(=O)(=O)Nc1cccc(C)c1Br. The molecule has 0 saturated heterocycles. The number of para-hydroxylation sites is 1. The molecule has 0 atom stereocenters. The summed E-state index contributed by atoms with van der Waals surface area (Å²) in [5.74, 6) is 0. The van der Waals surface area contributed by atoms with Crippen LogP contribution in [0.4, 0.5) is 11.4 Å². The van der Waals surface area contributed by atoms with Crippen molar-refractivity contribution in [3.63, 3.8) is 0 Å². The van der Waals surface area contributed by atoms with Crippen LogP contribution in [0.3, 0.4) is 0 Å². The molecule has 0 heterocycles. The van der Waals surface area contributed by atoms with Gasteiger partial charge in [-0.1, -0.05) is 24.3 Å². The smallest absolute Gasteiger partial charge is 0.263 e. The fourth-order valence-corrected chi connectivity index (χ4v) is 3.62. The van der Waals surface area contributed by atoms with E-state index in [2.05, 4.69) is 26.0 Å². The molecule has 2 rings (SSSR count). The fraction of sp³-hybridized carbons (Fsp3) is 0.143. The van der Waals surface area contributed by atoms with Gasteiger partial charge in [0.2, 0.25) is 0 Å². The van der Waals surface area contributed by atoms with Gasteiger partial charge in [0.05, 0.1) is 11.4 Å². The Hall–Kier alpha value is -1.53. The lowest BCUT2D eigenvalue weighted by molar-refractivity contribution is 0.601. The van der Waals surface area contributed by atoms with Crippen LogP contribution in [0.2, 0.25) is 0 Å². The Morgan fingerprint density at radius 1 is 1.00 bits per heavy atom. The summed E-state index contributed by atoms with van der Waals surface area (Å²) in [6.07, 6.45) is 0. The lowest BCUT2D eigenvalue weighted by Crippen LogP contribution is -2.15. The Labute approximate surface area is 127 Å². The first-order valence-corrected chi connectivity index (χ1v) is 8.28. The minimum atomic E-state index is -3.64. The molecule has 0 amide bonds. The van der Waals surface area contributed by atoms with Crippen LogP contribution >= 0.6 is 15.9 Å². The van der Waals surface area contributed by atoms with Crippen LogP contribution in [0.1, 0.15) is 5.56 Å². The molecule has 0 spiro atoms. The first-order valence-electron chi connectivity index (χ1n) is 6.00. The van der Waals surface area contributed by atoms with Gasteiger partial charge >= 0.3 is 0 Å². The highest BCUT2D eigenvalue weighted by Gasteiger charge is 2.19. The van der Waals surface area contributed by atoms with E-state index in [0.717, 1.165) is 10.0 Å². The maximum Gasteiger partial charge on any atom is 0.263 e. The number of halogens is 1. The molecular weight excluding hydrogens is 340 g/mol. The summed E-state index contributed by atoms with van der Waals surface area (Å²) in [5.41, 5.74) is 2.05. The van der Waals surface area contributed by atoms with Crippen LogP contribution in [-0.2, 0) is 10.0 Å². The Kier molecular flexibility index (Phi) is 4.35. The van der Waals surface area contributed by atoms with E-state index in [9.17, 15) is 8.42 Å². The molecule has 0 aliphatic rings. The summed E-state index contributed by atoms with van der Waals surface area (Å²) in [7, 11) is -1.95. The van der Waals surface area contributed by atoms with Gasteiger partial charge < -0.3 is 5.32 Å². The van der Waals surface area contributed by atoms with E-state index in [1.807, 2.05) is 19.1 Å². The van der Waals surface area contributed by atoms with Gasteiger partial charge in [-0.25, -0.2) is 8.42 Å². The van der Waals surface area contributed by atoms with Crippen LogP contribution in [0, 0.1) is 6.92 Å². The standard InChI is InChI=1S/C14H15BrN2O2S/c1-10-6-5-8-12(14(10)15)17-20(18,19)13-9-4-3-7-11(13)16-2/h3-9,16-17H,1-2H3. The molecule has 0 aliphatic carbocycles. The van der Waals surface area contributed by atoms with Crippen LogP contribution in [0.25, 0.3) is 0 Å². The van der Waals surface area contributed by atoms with Crippen LogP contribution in [0.15, 0.2) is 51.8 Å². The lowest BCUT2D eigenvalue weighted by atomic mass is 10.2. The third-order valence-electron chi connectivity index (χ3n) is 2.88. The van der Waals surface area contributed by atoms with Gasteiger partial charge in [-0.15, -0.1) is 0 Å². The molecule has 0 radical (unpaired) electrons. The van der Waals surface area contributed by atoms with E-state index in [4.69, 9.17) is 0 Å². The van der Waals surface area contributed by atoms with Crippen molar-refractivity contribution in [2.75, 3.05) is 17.1 Å². The number of anilines is 2. The maximum atomic E-state index is 12.5. The quantitative estimate of drug-likeness (QED) is 0.881. The molecule has 4 nitrogen and oxygen atoms in total. The first kappa shape index (κ1) is 14.9. The predicted molar refractivity (Wildman–Crippen MR) is 85.7 cm³/mol. The van der Waals surface area contributed by atoms with Gasteiger partial charge in [-0.2, -0.15) is 0 Å². The van der Waals surface area contributed by atoms with E-state index in [1.54, 1.807) is 37.4 Å². The van der Waals surface area contributed by atoms with Gasteiger partial charge in [-0.3, -0.25) is 4.72 Å². The van der Waals surface area contributed by atoms with Crippen LogP contribution < -0.4 is 10.0 Å². The monoisotopic (exact) mass is 354 g/mol. The molecule has 20 heavy (non-hydrogen) atoms. The molecule has 2 aromatic rings. The molecule has 0 aromatic heterocycles. The number of aryl methyl sites for hydroxylation is 1. The lowest BCUT2D eigenvalue weighted by Gasteiger charge is -2.13. The molecule has 2 aromatic carbocycles. The minimum absolute atomic E-state index is 0.218. The zero-order valence-corrected chi connectivity index (χ0v) is 13.5. The number of rotatable bonds is 4. The van der Waals surface area contributed by atoms with E-state index < -0.39 is 10.0 Å². The van der Waals surface area contributed by atoms with Gasteiger partial charge in [0.25, 0.3) is 10.0 Å². The summed E-state index contributed by atoms with van der Waals surface area (Å²) in [4.78, 5) is 0.218. The third kappa shape index (κ3) is 2.96. The number of hydrogen-bond donors (Lipinski definition) is 2. The molecule has 0 bridgehead atoms. The average Bonchev–Trinajstić information content (AvgIpc) is 2.43. The minimum Gasteiger partial charge on any atom is -0.387 e. The van der Waals surface area contributed by atoms with E-state index in [0.29, 0.717) is 11.4 Å². The van der Waals surface area contributed by atoms with Crippen molar-refractivity contribution in [2.24, 2.45) is 0 Å². The summed E-state index contributed by atoms with van der Waals surface area (Å²) >= 11 is 3.40. The fourth-order valence-electron chi connectivity index (χ4n) is 1.83. The van der Waals surface area contributed by atoms with E-state index in [-0.39, 0.29) is 4.90 Å². The van der Waals surface area contributed by atoms with Gasteiger partial charge in [0.1, 0.15) is 4.90 Å². The Bertz CT molecular complexity index is 730. The highest BCUT2D eigenvalue weighted by atomic mass is 79.9. The Morgan fingerprint density at radius 3 is 2.35 bits per heavy atom. The van der Waals surface area contributed by atoms with Crippen molar-refractivity contribution in [3.8, 4) is 0 Å². The van der Waals surface area contributed by atoms with Gasteiger partial charge in [-0.05, 0) is 46.6 Å². The molecular formula is C14H15BrN2O2S. The third-order valence-corrected chi connectivity index (χ3v) is 5.36. The summed E-state index contributed by atoms with van der Waals surface area (Å²) in [6, 6.07) is 12.2. The number of nitrogens with one attached hydrogen (secondary N) is 2. The van der Waals surface area contributed by atoms with Crippen LogP contribution in [0.5, 0.6) is 0 Å². The van der Waals surface area contributed by atoms with E-state index >= 15 is 0 Å². The molecule has 106 valence electrons. The highest BCUT2D eigenvalue weighted by molar-refractivity contribution is 9.10. The topological polar surface area (TPSA) is 58.2 Å². The van der Waals surface area contributed by atoms with Crippen molar-refractivity contribution < 1.29 is 8.42 Å². The normalized spacial score (nSPS) is 11.2. The van der Waals surface area contributed by atoms with Crippen molar-refractivity contribution in [1.29, 1.82) is 0 Å². The first-order chi connectivity index (χ1) is 9.45. The zero-order valence-electron chi connectivity index (χ0n) is 11.1. The van der Waals surface area contributed by atoms with Crippen molar-refractivity contribution in [2.45, 2.75) is 11.8 Å². The highest BCUT2D eigenvalue weighted by Crippen LogP contribution is 2.29. The Morgan fingerprint density at radius 2 is 1.65 bits per heavy atom. The van der Waals surface area contributed by atoms with E-state index in [1.165, 1.54) is 0 Å². The summed E-state index contributed by atoms with van der Waals surface area (Å²) in [6.45, 7) is 1.91. The van der Waals surface area contributed by atoms with Gasteiger partial charge in [0, 0.05) is 11.5 Å². The zero-order chi connectivity index (χ0) is 14.8. The molecule has 2 N–H and O–H groups in total. The molecule has 0 fully saturated rings. The summed E-state index contributed by atoms with van der Waals surface area (Å²) in [5, 5.41) is 2.88.